The van der Waals surface area contributed by atoms with E-state index in [0.717, 1.165) is 43.8 Å². The van der Waals surface area contributed by atoms with E-state index in [0.29, 0.717) is 0 Å². The van der Waals surface area contributed by atoms with Crippen molar-refractivity contribution in [2.24, 2.45) is 5.92 Å². The van der Waals surface area contributed by atoms with Crippen LogP contribution in [0.1, 0.15) is 32.3 Å². The van der Waals surface area contributed by atoms with Gasteiger partial charge in [0.1, 0.15) is 11.4 Å². The van der Waals surface area contributed by atoms with Crippen LogP contribution in [0, 0.1) is 5.92 Å². The molecule has 4 nitrogen and oxygen atoms in total. The molecular formula is C16H22N2O2. The first-order valence-electron chi connectivity index (χ1n) is 7.37. The molecule has 3 rings (SSSR count). The SMILES string of the molecule is CC1(C)CCc2ccc(NC(=O)C3CCNC3)cc2O1. The van der Waals surface area contributed by atoms with Crippen molar-refractivity contribution in [3.05, 3.63) is 23.8 Å². The topological polar surface area (TPSA) is 50.4 Å². The summed E-state index contributed by atoms with van der Waals surface area (Å²) in [5, 5.41) is 6.22. The Balaban J connectivity index is 1.73. The maximum absolute atomic E-state index is 12.1. The second kappa shape index (κ2) is 5.09. The molecule has 0 saturated carbocycles. The van der Waals surface area contributed by atoms with Crippen LogP contribution in [0.5, 0.6) is 5.75 Å². The van der Waals surface area contributed by atoms with Crippen LogP contribution in [-0.2, 0) is 11.2 Å². The van der Waals surface area contributed by atoms with E-state index in [4.69, 9.17) is 4.74 Å². The van der Waals surface area contributed by atoms with Gasteiger partial charge in [-0.15, -0.1) is 0 Å². The smallest absolute Gasteiger partial charge is 0.228 e. The van der Waals surface area contributed by atoms with Gasteiger partial charge in [0.05, 0.1) is 5.92 Å². The first-order chi connectivity index (χ1) is 9.53. The molecule has 1 aromatic carbocycles. The van der Waals surface area contributed by atoms with Gasteiger partial charge in [0.25, 0.3) is 0 Å². The van der Waals surface area contributed by atoms with Crippen molar-refractivity contribution < 1.29 is 9.53 Å². The molecule has 1 saturated heterocycles. The molecule has 1 fully saturated rings. The molecule has 1 amide bonds. The Morgan fingerprint density at radius 2 is 2.30 bits per heavy atom. The van der Waals surface area contributed by atoms with E-state index in [2.05, 4.69) is 30.5 Å². The van der Waals surface area contributed by atoms with E-state index in [1.807, 2.05) is 12.1 Å². The Morgan fingerprint density at radius 3 is 3.05 bits per heavy atom. The molecule has 20 heavy (non-hydrogen) atoms. The molecule has 2 aliphatic rings. The first kappa shape index (κ1) is 13.4. The van der Waals surface area contributed by atoms with Gasteiger partial charge in [-0.3, -0.25) is 4.79 Å². The number of amides is 1. The molecule has 0 aromatic heterocycles. The molecule has 2 heterocycles. The summed E-state index contributed by atoms with van der Waals surface area (Å²) in [7, 11) is 0. The molecule has 0 aliphatic carbocycles. The summed E-state index contributed by atoms with van der Waals surface area (Å²) in [4.78, 5) is 12.1. The van der Waals surface area contributed by atoms with Crippen LogP contribution in [0.15, 0.2) is 18.2 Å². The number of nitrogens with one attached hydrogen (secondary N) is 2. The van der Waals surface area contributed by atoms with Crippen LogP contribution in [0.4, 0.5) is 5.69 Å². The van der Waals surface area contributed by atoms with Gasteiger partial charge in [-0.25, -0.2) is 0 Å². The van der Waals surface area contributed by atoms with E-state index >= 15 is 0 Å². The van der Waals surface area contributed by atoms with E-state index in [1.54, 1.807) is 0 Å². The van der Waals surface area contributed by atoms with Crippen molar-refractivity contribution in [2.75, 3.05) is 18.4 Å². The molecule has 0 bridgehead atoms. The van der Waals surface area contributed by atoms with Crippen LogP contribution in [0.3, 0.4) is 0 Å². The predicted octanol–water partition coefficient (Wildman–Crippen LogP) is 2.34. The highest BCUT2D eigenvalue weighted by Crippen LogP contribution is 2.34. The summed E-state index contributed by atoms with van der Waals surface area (Å²) in [6, 6.07) is 5.99. The van der Waals surface area contributed by atoms with Crippen molar-refractivity contribution >= 4 is 11.6 Å². The number of hydrogen-bond acceptors (Lipinski definition) is 3. The second-order valence-electron chi connectivity index (χ2n) is 6.36. The number of fused-ring (bicyclic) bond motifs is 1. The molecule has 0 spiro atoms. The lowest BCUT2D eigenvalue weighted by atomic mass is 9.94. The third kappa shape index (κ3) is 2.80. The number of aryl methyl sites for hydroxylation is 1. The summed E-state index contributed by atoms with van der Waals surface area (Å²) >= 11 is 0. The summed E-state index contributed by atoms with van der Waals surface area (Å²) < 4.78 is 6.00. The molecular weight excluding hydrogens is 252 g/mol. The number of carbonyl (C=O) groups is 1. The fourth-order valence-corrected chi connectivity index (χ4v) is 2.84. The second-order valence-corrected chi connectivity index (χ2v) is 6.36. The number of ether oxygens (including phenoxy) is 1. The van der Waals surface area contributed by atoms with Crippen molar-refractivity contribution in [3.8, 4) is 5.75 Å². The highest BCUT2D eigenvalue weighted by Gasteiger charge is 2.27. The first-order valence-corrected chi connectivity index (χ1v) is 7.37. The van der Waals surface area contributed by atoms with E-state index in [9.17, 15) is 4.79 Å². The number of carbonyl (C=O) groups excluding carboxylic acids is 1. The Labute approximate surface area is 119 Å². The lowest BCUT2D eigenvalue weighted by molar-refractivity contribution is -0.119. The number of rotatable bonds is 2. The zero-order valence-corrected chi connectivity index (χ0v) is 12.2. The van der Waals surface area contributed by atoms with E-state index in [1.165, 1.54) is 5.56 Å². The molecule has 1 aromatic rings. The standard InChI is InChI=1S/C16H22N2O2/c1-16(2)7-5-11-3-4-13(9-14(11)20-16)18-15(19)12-6-8-17-10-12/h3-4,9,12,17H,5-8,10H2,1-2H3,(H,18,19). The van der Waals surface area contributed by atoms with Gasteiger partial charge in [-0.2, -0.15) is 0 Å². The Bertz CT molecular complexity index is 519. The molecule has 0 radical (unpaired) electrons. The summed E-state index contributed by atoms with van der Waals surface area (Å²) in [5.74, 6) is 1.09. The minimum absolute atomic E-state index is 0.0865. The van der Waals surface area contributed by atoms with E-state index in [-0.39, 0.29) is 17.4 Å². The normalized spacial score (nSPS) is 23.8. The number of anilines is 1. The third-order valence-corrected chi connectivity index (χ3v) is 4.15. The average molecular weight is 274 g/mol. The fraction of sp³-hybridized carbons (Fsp3) is 0.562. The van der Waals surface area contributed by atoms with E-state index < -0.39 is 0 Å². The molecule has 2 aliphatic heterocycles. The zero-order valence-electron chi connectivity index (χ0n) is 12.2. The zero-order chi connectivity index (χ0) is 14.2. The maximum atomic E-state index is 12.1. The van der Waals surface area contributed by atoms with Gasteiger partial charge in [0.2, 0.25) is 5.91 Å². The summed E-state index contributed by atoms with van der Waals surface area (Å²) in [6.45, 7) is 5.91. The fourth-order valence-electron chi connectivity index (χ4n) is 2.84. The van der Waals surface area contributed by atoms with Gasteiger partial charge < -0.3 is 15.4 Å². The van der Waals surface area contributed by atoms with Gasteiger partial charge in [0, 0.05) is 18.3 Å². The number of benzene rings is 1. The van der Waals surface area contributed by atoms with Crippen LogP contribution in [-0.4, -0.2) is 24.6 Å². The molecule has 2 N–H and O–H groups in total. The van der Waals surface area contributed by atoms with Crippen molar-refractivity contribution in [2.45, 2.75) is 38.7 Å². The van der Waals surface area contributed by atoms with Gasteiger partial charge >= 0.3 is 0 Å². The average Bonchev–Trinajstić information content (AvgIpc) is 2.91. The third-order valence-electron chi connectivity index (χ3n) is 4.15. The quantitative estimate of drug-likeness (QED) is 0.870. The van der Waals surface area contributed by atoms with Crippen LogP contribution >= 0.6 is 0 Å². The van der Waals surface area contributed by atoms with Crippen molar-refractivity contribution in [1.82, 2.24) is 5.32 Å². The van der Waals surface area contributed by atoms with Crippen LogP contribution in [0.25, 0.3) is 0 Å². The predicted molar refractivity (Wildman–Crippen MR) is 79.1 cm³/mol. The largest absolute Gasteiger partial charge is 0.487 e. The highest BCUT2D eigenvalue weighted by atomic mass is 16.5. The van der Waals surface area contributed by atoms with Gasteiger partial charge in [0.15, 0.2) is 0 Å². The molecule has 1 unspecified atom stereocenters. The molecule has 108 valence electrons. The molecule has 1 atom stereocenters. The minimum atomic E-state index is -0.120. The van der Waals surface area contributed by atoms with Gasteiger partial charge in [-0.05, 0) is 51.3 Å². The van der Waals surface area contributed by atoms with Crippen molar-refractivity contribution in [3.63, 3.8) is 0 Å². The highest BCUT2D eigenvalue weighted by molar-refractivity contribution is 5.93. The number of hydrogen-bond donors (Lipinski definition) is 2. The lowest BCUT2D eigenvalue weighted by Crippen LogP contribution is -2.32. The molecule has 4 heteroatoms. The Morgan fingerprint density at radius 1 is 1.45 bits per heavy atom. The maximum Gasteiger partial charge on any atom is 0.228 e. The van der Waals surface area contributed by atoms with Crippen molar-refractivity contribution in [1.29, 1.82) is 0 Å². The Hall–Kier alpha value is -1.55. The van der Waals surface area contributed by atoms with Crippen LogP contribution in [0.2, 0.25) is 0 Å². The summed E-state index contributed by atoms with van der Waals surface area (Å²) in [5.41, 5.74) is 1.94. The monoisotopic (exact) mass is 274 g/mol. The van der Waals surface area contributed by atoms with Gasteiger partial charge in [-0.1, -0.05) is 6.07 Å². The summed E-state index contributed by atoms with van der Waals surface area (Å²) in [6.07, 6.45) is 2.98. The minimum Gasteiger partial charge on any atom is -0.487 e. The Kier molecular flexibility index (Phi) is 3.42. The lowest BCUT2D eigenvalue weighted by Gasteiger charge is -2.32. The van der Waals surface area contributed by atoms with Crippen LogP contribution < -0.4 is 15.4 Å².